The molecule has 0 aromatic heterocycles. The summed E-state index contributed by atoms with van der Waals surface area (Å²) in [5, 5.41) is 0. The molecule has 3 aromatic rings. The van der Waals surface area contributed by atoms with E-state index in [0.717, 1.165) is 37.0 Å². The molecule has 0 N–H and O–H groups in total. The van der Waals surface area contributed by atoms with Crippen molar-refractivity contribution in [1.29, 1.82) is 0 Å². The van der Waals surface area contributed by atoms with E-state index >= 15 is 0 Å². The second kappa shape index (κ2) is 17.5. The van der Waals surface area contributed by atoms with Gasteiger partial charge in [-0.15, -0.1) is 0 Å². The van der Waals surface area contributed by atoms with Crippen molar-refractivity contribution in [2.45, 2.75) is 91.1 Å². The molecule has 0 aliphatic heterocycles. The largest absolute Gasteiger partial charge is 0.490 e. The van der Waals surface area contributed by atoms with Crippen molar-refractivity contribution in [1.82, 2.24) is 0 Å². The molecule has 3 aromatic carbocycles. The lowest BCUT2D eigenvalue weighted by Gasteiger charge is -2.14. The number of hydrogen-bond donors (Lipinski definition) is 0. The lowest BCUT2D eigenvalue weighted by molar-refractivity contribution is 0.0628. The molecule has 4 heteroatoms. The number of unbranched alkanes of at least 4 members (excludes halogenated alkanes) is 8. The van der Waals surface area contributed by atoms with Crippen molar-refractivity contribution < 1.29 is 19.0 Å². The van der Waals surface area contributed by atoms with Crippen LogP contribution in [0.15, 0.2) is 72.8 Å². The number of hydrogen-bond acceptors (Lipinski definition) is 4. The Balaban J connectivity index is 1.51. The van der Waals surface area contributed by atoms with Gasteiger partial charge in [0.15, 0.2) is 11.5 Å². The van der Waals surface area contributed by atoms with Gasteiger partial charge in [0.1, 0.15) is 0 Å². The molecule has 0 spiro atoms. The molecule has 0 aliphatic rings. The van der Waals surface area contributed by atoms with Crippen molar-refractivity contribution >= 4 is 5.97 Å². The molecule has 0 heterocycles. The normalized spacial score (nSPS) is 11.8. The first-order valence-corrected chi connectivity index (χ1v) is 14.9. The molecule has 0 aliphatic carbocycles. The van der Waals surface area contributed by atoms with Gasteiger partial charge < -0.3 is 14.2 Å². The molecular formula is C35H46O4. The SMILES string of the molecule is CCCCCCCCOc1ccccc1OC(=O)c1ccc(-c2ccc(C(C)OCCCCCC)cc2)cc1. The second-order valence-corrected chi connectivity index (χ2v) is 10.2. The Hall–Kier alpha value is -3.11. The van der Waals surface area contributed by atoms with E-state index < -0.39 is 5.97 Å². The molecule has 1 unspecified atom stereocenters. The van der Waals surface area contributed by atoms with E-state index in [0.29, 0.717) is 23.7 Å². The molecule has 0 radical (unpaired) electrons. The van der Waals surface area contributed by atoms with Crippen LogP contribution < -0.4 is 9.47 Å². The van der Waals surface area contributed by atoms with Gasteiger partial charge in [0.25, 0.3) is 0 Å². The fourth-order valence-corrected chi connectivity index (χ4v) is 4.51. The van der Waals surface area contributed by atoms with E-state index in [1.54, 1.807) is 6.07 Å². The highest BCUT2D eigenvalue weighted by atomic mass is 16.6. The summed E-state index contributed by atoms with van der Waals surface area (Å²) >= 11 is 0. The summed E-state index contributed by atoms with van der Waals surface area (Å²) in [7, 11) is 0. The van der Waals surface area contributed by atoms with E-state index in [-0.39, 0.29) is 6.10 Å². The van der Waals surface area contributed by atoms with Crippen molar-refractivity contribution in [2.75, 3.05) is 13.2 Å². The monoisotopic (exact) mass is 530 g/mol. The van der Waals surface area contributed by atoms with Crippen LogP contribution in [0.5, 0.6) is 11.5 Å². The predicted octanol–water partition coefficient (Wildman–Crippen LogP) is 9.97. The molecular weight excluding hydrogens is 484 g/mol. The highest BCUT2D eigenvalue weighted by Crippen LogP contribution is 2.28. The summed E-state index contributed by atoms with van der Waals surface area (Å²) < 4.78 is 17.6. The summed E-state index contributed by atoms with van der Waals surface area (Å²) in [6.45, 7) is 7.97. The van der Waals surface area contributed by atoms with E-state index in [2.05, 4.69) is 45.0 Å². The van der Waals surface area contributed by atoms with Gasteiger partial charge in [0.2, 0.25) is 0 Å². The lowest BCUT2D eigenvalue weighted by Crippen LogP contribution is -2.10. The van der Waals surface area contributed by atoms with Crippen LogP contribution in [0.25, 0.3) is 11.1 Å². The highest BCUT2D eigenvalue weighted by molar-refractivity contribution is 5.92. The average molecular weight is 531 g/mol. The van der Waals surface area contributed by atoms with Crippen molar-refractivity contribution in [3.05, 3.63) is 83.9 Å². The Bertz CT molecular complexity index is 1090. The van der Waals surface area contributed by atoms with Crippen LogP contribution in [-0.4, -0.2) is 19.2 Å². The summed E-state index contributed by atoms with van der Waals surface area (Å²) in [5.74, 6) is 0.669. The van der Waals surface area contributed by atoms with E-state index in [4.69, 9.17) is 14.2 Å². The minimum absolute atomic E-state index is 0.0791. The number of benzene rings is 3. The molecule has 0 bridgehead atoms. The van der Waals surface area contributed by atoms with E-state index in [1.165, 1.54) is 50.5 Å². The Morgan fingerprint density at radius 1 is 0.641 bits per heavy atom. The first-order valence-electron chi connectivity index (χ1n) is 14.9. The van der Waals surface area contributed by atoms with Crippen LogP contribution in [0.4, 0.5) is 0 Å². The molecule has 4 nitrogen and oxygen atoms in total. The van der Waals surface area contributed by atoms with Crippen LogP contribution in [0.2, 0.25) is 0 Å². The van der Waals surface area contributed by atoms with Gasteiger partial charge in [0, 0.05) is 6.61 Å². The Morgan fingerprint density at radius 2 is 1.18 bits per heavy atom. The second-order valence-electron chi connectivity index (χ2n) is 10.2. The van der Waals surface area contributed by atoms with Crippen molar-refractivity contribution in [3.8, 4) is 22.6 Å². The molecule has 0 fully saturated rings. The fourth-order valence-electron chi connectivity index (χ4n) is 4.51. The maximum Gasteiger partial charge on any atom is 0.343 e. The van der Waals surface area contributed by atoms with Gasteiger partial charge in [-0.3, -0.25) is 0 Å². The molecule has 39 heavy (non-hydrogen) atoms. The van der Waals surface area contributed by atoms with Gasteiger partial charge in [0.05, 0.1) is 18.3 Å². The number of rotatable bonds is 18. The lowest BCUT2D eigenvalue weighted by atomic mass is 10.0. The number of carbonyl (C=O) groups is 1. The van der Waals surface area contributed by atoms with Gasteiger partial charge in [-0.1, -0.05) is 114 Å². The Kier molecular flexibility index (Phi) is 13.6. The standard InChI is InChI=1S/C35H46O4/c1-4-6-8-10-11-15-27-38-33-16-12-13-17-34(33)39-35(36)32-24-22-31(23-25-32)30-20-18-29(19-21-30)28(3)37-26-14-9-7-5-2/h12-13,16-25,28H,4-11,14-15,26-27H2,1-3H3. The quantitative estimate of drug-likeness (QED) is 0.0932. The summed E-state index contributed by atoms with van der Waals surface area (Å²) in [4.78, 5) is 12.9. The summed E-state index contributed by atoms with van der Waals surface area (Å²) in [5.41, 5.74) is 3.83. The van der Waals surface area contributed by atoms with Gasteiger partial charge in [-0.05, 0) is 60.7 Å². The maximum absolute atomic E-state index is 12.9. The minimum atomic E-state index is -0.391. The van der Waals surface area contributed by atoms with Crippen LogP contribution in [0.3, 0.4) is 0 Å². The number of para-hydroxylation sites is 2. The first-order chi connectivity index (χ1) is 19.1. The molecule has 210 valence electrons. The molecule has 0 saturated heterocycles. The van der Waals surface area contributed by atoms with Crippen LogP contribution >= 0.6 is 0 Å². The third kappa shape index (κ3) is 10.5. The molecule has 0 saturated carbocycles. The van der Waals surface area contributed by atoms with Crippen LogP contribution in [-0.2, 0) is 4.74 Å². The van der Waals surface area contributed by atoms with E-state index in [1.807, 2.05) is 42.5 Å². The van der Waals surface area contributed by atoms with E-state index in [9.17, 15) is 4.79 Å². The Labute approximate surface area is 235 Å². The third-order valence-corrected chi connectivity index (χ3v) is 7.01. The average Bonchev–Trinajstić information content (AvgIpc) is 2.97. The van der Waals surface area contributed by atoms with Crippen LogP contribution in [0.1, 0.15) is 107 Å². The minimum Gasteiger partial charge on any atom is -0.490 e. The zero-order valence-corrected chi connectivity index (χ0v) is 24.1. The van der Waals surface area contributed by atoms with Gasteiger partial charge in [-0.25, -0.2) is 4.79 Å². The summed E-state index contributed by atoms with van der Waals surface area (Å²) in [6.07, 6.45) is 12.1. The smallest absolute Gasteiger partial charge is 0.343 e. The zero-order valence-electron chi connectivity index (χ0n) is 24.1. The highest BCUT2D eigenvalue weighted by Gasteiger charge is 2.13. The third-order valence-electron chi connectivity index (χ3n) is 7.01. The molecule has 0 amide bonds. The van der Waals surface area contributed by atoms with Crippen molar-refractivity contribution in [3.63, 3.8) is 0 Å². The van der Waals surface area contributed by atoms with Crippen LogP contribution in [0, 0.1) is 0 Å². The number of esters is 1. The summed E-state index contributed by atoms with van der Waals surface area (Å²) in [6, 6.07) is 23.4. The maximum atomic E-state index is 12.9. The number of ether oxygens (including phenoxy) is 3. The molecule has 3 rings (SSSR count). The Morgan fingerprint density at radius 3 is 1.85 bits per heavy atom. The predicted molar refractivity (Wildman–Crippen MR) is 161 cm³/mol. The van der Waals surface area contributed by atoms with Crippen molar-refractivity contribution in [2.24, 2.45) is 0 Å². The zero-order chi connectivity index (χ0) is 27.7. The molecule has 1 atom stereocenters. The topological polar surface area (TPSA) is 44.8 Å². The fraction of sp³-hybridized carbons (Fsp3) is 0.457. The van der Waals surface area contributed by atoms with Gasteiger partial charge >= 0.3 is 5.97 Å². The number of carbonyl (C=O) groups excluding carboxylic acids is 1. The first kappa shape index (κ1) is 30.4. The van der Waals surface area contributed by atoms with Gasteiger partial charge in [-0.2, -0.15) is 0 Å².